The lowest BCUT2D eigenvalue weighted by Crippen LogP contribution is -2.58. The first-order chi connectivity index (χ1) is 8.64. The molecule has 1 saturated heterocycles. The third-order valence-electron chi connectivity index (χ3n) is 4.01. The molecule has 2 rings (SSSR count). The van der Waals surface area contributed by atoms with Gasteiger partial charge in [-0.25, -0.2) is 4.39 Å². The number of anilines is 1. The monoisotopic (exact) mass is 252 g/mol. The molecule has 18 heavy (non-hydrogen) atoms. The Labute approximate surface area is 108 Å². The first kappa shape index (κ1) is 13.3. The third-order valence-corrected chi connectivity index (χ3v) is 4.01. The van der Waals surface area contributed by atoms with Gasteiger partial charge in [0.05, 0.1) is 11.6 Å². The van der Waals surface area contributed by atoms with Crippen LogP contribution in [0.2, 0.25) is 0 Å². The Hall–Kier alpha value is -1.13. The van der Waals surface area contributed by atoms with Crippen molar-refractivity contribution in [3.63, 3.8) is 0 Å². The Balaban J connectivity index is 2.34. The van der Waals surface area contributed by atoms with E-state index in [1.54, 1.807) is 12.1 Å². The molecule has 1 fully saturated rings. The highest BCUT2D eigenvalue weighted by molar-refractivity contribution is 5.50. The molecule has 0 amide bonds. The van der Waals surface area contributed by atoms with Crippen molar-refractivity contribution in [2.45, 2.75) is 31.9 Å². The highest BCUT2D eigenvalue weighted by atomic mass is 19.1. The Morgan fingerprint density at radius 1 is 1.44 bits per heavy atom. The first-order valence-corrected chi connectivity index (χ1v) is 6.49. The Morgan fingerprint density at radius 3 is 2.56 bits per heavy atom. The molecule has 2 unspecified atom stereocenters. The van der Waals surface area contributed by atoms with Crippen molar-refractivity contribution in [1.82, 2.24) is 0 Å². The molecular weight excluding hydrogens is 231 g/mol. The Bertz CT molecular complexity index is 395. The van der Waals surface area contributed by atoms with E-state index >= 15 is 0 Å². The average molecular weight is 252 g/mol. The van der Waals surface area contributed by atoms with Crippen LogP contribution < -0.4 is 10.6 Å². The van der Waals surface area contributed by atoms with E-state index in [0.29, 0.717) is 6.54 Å². The minimum absolute atomic E-state index is 0.0903. The molecule has 3 nitrogen and oxygen atoms in total. The molecule has 1 heterocycles. The summed E-state index contributed by atoms with van der Waals surface area (Å²) in [6, 6.07) is 6.59. The molecular formula is C14H21FN2O. The van der Waals surface area contributed by atoms with E-state index in [9.17, 15) is 4.39 Å². The molecule has 1 aromatic carbocycles. The topological polar surface area (TPSA) is 38.5 Å². The van der Waals surface area contributed by atoms with Gasteiger partial charge in [0.1, 0.15) is 5.82 Å². The summed E-state index contributed by atoms with van der Waals surface area (Å²) in [6.07, 6.45) is 1.00. The molecule has 1 aliphatic rings. The minimum Gasteiger partial charge on any atom is -0.376 e. The summed E-state index contributed by atoms with van der Waals surface area (Å²) in [7, 11) is 0. The van der Waals surface area contributed by atoms with Crippen molar-refractivity contribution in [2.24, 2.45) is 5.73 Å². The molecule has 4 heteroatoms. The zero-order valence-corrected chi connectivity index (χ0v) is 11.0. The number of halogens is 1. The van der Waals surface area contributed by atoms with E-state index in [0.717, 1.165) is 25.3 Å². The largest absolute Gasteiger partial charge is 0.376 e. The van der Waals surface area contributed by atoms with Crippen molar-refractivity contribution in [1.29, 1.82) is 0 Å². The Kier molecular flexibility index (Phi) is 3.88. The zero-order chi connectivity index (χ0) is 13.2. The maximum absolute atomic E-state index is 13.0. The number of rotatable bonds is 4. The number of nitrogens with zero attached hydrogens (tertiary/aromatic N) is 1. The molecule has 0 spiro atoms. The first-order valence-electron chi connectivity index (χ1n) is 6.49. The fourth-order valence-electron chi connectivity index (χ4n) is 2.88. The maximum Gasteiger partial charge on any atom is 0.123 e. The van der Waals surface area contributed by atoms with Crippen LogP contribution in [0.5, 0.6) is 0 Å². The summed E-state index contributed by atoms with van der Waals surface area (Å²) in [5.41, 5.74) is 6.83. The van der Waals surface area contributed by atoms with Crippen molar-refractivity contribution >= 4 is 5.69 Å². The summed E-state index contributed by atoms with van der Waals surface area (Å²) >= 11 is 0. The fourth-order valence-corrected chi connectivity index (χ4v) is 2.88. The van der Waals surface area contributed by atoms with Crippen LogP contribution in [-0.2, 0) is 4.74 Å². The minimum atomic E-state index is -0.215. The van der Waals surface area contributed by atoms with E-state index < -0.39 is 0 Å². The smallest absolute Gasteiger partial charge is 0.123 e. The van der Waals surface area contributed by atoms with E-state index in [1.165, 1.54) is 12.1 Å². The van der Waals surface area contributed by atoms with E-state index in [1.807, 2.05) is 0 Å². The third kappa shape index (κ3) is 2.10. The van der Waals surface area contributed by atoms with Gasteiger partial charge in [0.15, 0.2) is 0 Å². The summed E-state index contributed by atoms with van der Waals surface area (Å²) < 4.78 is 18.7. The van der Waals surface area contributed by atoms with Crippen LogP contribution in [0.15, 0.2) is 24.3 Å². The molecule has 2 atom stereocenters. The number of likely N-dealkylation sites (N-methyl/N-ethyl adjacent to an activating group) is 1. The summed E-state index contributed by atoms with van der Waals surface area (Å²) in [5, 5.41) is 0. The van der Waals surface area contributed by atoms with Gasteiger partial charge in [-0.3, -0.25) is 0 Å². The molecule has 0 saturated carbocycles. The standard InChI is InChI=1S/C14H21FN2O/c1-3-17(13-6-4-12(15)5-7-13)14(10-16)8-9-18-11(14)2/h4-7,11H,3,8-10,16H2,1-2H3. The van der Waals surface area contributed by atoms with Gasteiger partial charge in [-0.2, -0.15) is 0 Å². The number of nitrogens with two attached hydrogens (primary N) is 1. The van der Waals surface area contributed by atoms with Crippen LogP contribution in [-0.4, -0.2) is 31.3 Å². The maximum atomic E-state index is 13.0. The van der Waals surface area contributed by atoms with Crippen LogP contribution in [0.3, 0.4) is 0 Å². The lowest BCUT2D eigenvalue weighted by Gasteiger charge is -2.43. The predicted octanol–water partition coefficient (Wildman–Crippen LogP) is 2.16. The highest BCUT2D eigenvalue weighted by Crippen LogP contribution is 2.35. The number of benzene rings is 1. The number of ether oxygens (including phenoxy) is 1. The van der Waals surface area contributed by atoms with Gasteiger partial charge < -0.3 is 15.4 Å². The molecule has 2 N–H and O–H groups in total. The van der Waals surface area contributed by atoms with Crippen molar-refractivity contribution in [3.8, 4) is 0 Å². The van der Waals surface area contributed by atoms with Crippen LogP contribution >= 0.6 is 0 Å². The second-order valence-electron chi connectivity index (χ2n) is 4.79. The quantitative estimate of drug-likeness (QED) is 0.892. The predicted molar refractivity (Wildman–Crippen MR) is 71.2 cm³/mol. The molecule has 100 valence electrons. The van der Waals surface area contributed by atoms with Gasteiger partial charge in [-0.15, -0.1) is 0 Å². The molecule has 0 aliphatic carbocycles. The van der Waals surface area contributed by atoms with Crippen LogP contribution in [0.1, 0.15) is 20.3 Å². The molecule has 1 aliphatic heterocycles. The lowest BCUT2D eigenvalue weighted by molar-refractivity contribution is 0.0949. The number of hydrogen-bond donors (Lipinski definition) is 1. The van der Waals surface area contributed by atoms with Crippen LogP contribution in [0.4, 0.5) is 10.1 Å². The van der Waals surface area contributed by atoms with Crippen molar-refractivity contribution < 1.29 is 9.13 Å². The second kappa shape index (κ2) is 5.24. The van der Waals surface area contributed by atoms with Gasteiger partial charge in [0.2, 0.25) is 0 Å². The summed E-state index contributed by atoms with van der Waals surface area (Å²) in [5.74, 6) is -0.215. The fraction of sp³-hybridized carbons (Fsp3) is 0.571. The SMILES string of the molecule is CCN(c1ccc(F)cc1)C1(CN)CCOC1C. The van der Waals surface area contributed by atoms with Gasteiger partial charge >= 0.3 is 0 Å². The molecule has 0 bridgehead atoms. The van der Waals surface area contributed by atoms with E-state index in [4.69, 9.17) is 10.5 Å². The van der Waals surface area contributed by atoms with E-state index in [-0.39, 0.29) is 17.5 Å². The lowest BCUT2D eigenvalue weighted by atomic mass is 9.89. The van der Waals surface area contributed by atoms with E-state index in [2.05, 4.69) is 18.7 Å². The van der Waals surface area contributed by atoms with Crippen LogP contribution in [0, 0.1) is 5.82 Å². The summed E-state index contributed by atoms with van der Waals surface area (Å²) in [4.78, 5) is 2.24. The Morgan fingerprint density at radius 2 is 2.11 bits per heavy atom. The van der Waals surface area contributed by atoms with Gasteiger partial charge in [0.25, 0.3) is 0 Å². The van der Waals surface area contributed by atoms with Crippen LogP contribution in [0.25, 0.3) is 0 Å². The van der Waals surface area contributed by atoms with Crippen molar-refractivity contribution in [2.75, 3.05) is 24.6 Å². The van der Waals surface area contributed by atoms with Gasteiger partial charge in [0, 0.05) is 25.4 Å². The second-order valence-corrected chi connectivity index (χ2v) is 4.79. The molecule has 0 radical (unpaired) electrons. The molecule has 0 aromatic heterocycles. The highest BCUT2D eigenvalue weighted by Gasteiger charge is 2.44. The zero-order valence-electron chi connectivity index (χ0n) is 11.0. The average Bonchev–Trinajstić information content (AvgIpc) is 2.75. The molecule has 1 aromatic rings. The van der Waals surface area contributed by atoms with Gasteiger partial charge in [-0.1, -0.05) is 0 Å². The number of hydrogen-bond acceptors (Lipinski definition) is 3. The summed E-state index contributed by atoms with van der Waals surface area (Å²) in [6.45, 7) is 6.25. The normalized spacial score (nSPS) is 27.4. The van der Waals surface area contributed by atoms with Crippen molar-refractivity contribution in [3.05, 3.63) is 30.1 Å². The van der Waals surface area contributed by atoms with Gasteiger partial charge in [-0.05, 0) is 44.5 Å².